The molecule has 0 atom stereocenters. The summed E-state index contributed by atoms with van der Waals surface area (Å²) in [6.45, 7) is 0. The molecule has 0 aliphatic heterocycles. The van der Waals surface area contributed by atoms with Crippen molar-refractivity contribution >= 4 is 17.6 Å². The molecule has 72 valence electrons. The van der Waals surface area contributed by atoms with Crippen molar-refractivity contribution in [2.45, 2.75) is 0 Å². The molecular weight excluding hydrogens is 202 g/mol. The topological polar surface area (TPSA) is 51.0 Å². The van der Waals surface area contributed by atoms with Gasteiger partial charge >= 0.3 is 6.01 Å². The summed E-state index contributed by atoms with van der Waals surface area (Å²) in [6.07, 6.45) is 0. The van der Waals surface area contributed by atoms with Gasteiger partial charge in [-0.05, 0) is 18.2 Å². The second-order valence-electron chi connectivity index (χ2n) is 2.67. The van der Waals surface area contributed by atoms with Crippen molar-refractivity contribution in [3.63, 3.8) is 0 Å². The fourth-order valence-electron chi connectivity index (χ4n) is 1.06. The monoisotopic (exact) mass is 209 g/mol. The molecule has 0 unspecified atom stereocenters. The summed E-state index contributed by atoms with van der Waals surface area (Å²) in [6, 6.07) is 7.65. The molecule has 2 aromatic rings. The first-order valence-corrected chi connectivity index (χ1v) is 4.44. The Morgan fingerprint density at radius 1 is 1.36 bits per heavy atom. The Morgan fingerprint density at radius 3 is 2.86 bits per heavy atom. The Hall–Kier alpha value is -1.55. The van der Waals surface area contributed by atoms with Crippen LogP contribution >= 0.6 is 11.6 Å². The summed E-state index contributed by atoms with van der Waals surface area (Å²) in [7, 11) is 1.72. The number of rotatable bonds is 2. The van der Waals surface area contributed by atoms with Crippen LogP contribution in [0.15, 0.2) is 28.7 Å². The van der Waals surface area contributed by atoms with Crippen molar-refractivity contribution in [2.24, 2.45) is 0 Å². The van der Waals surface area contributed by atoms with Crippen LogP contribution in [0.5, 0.6) is 0 Å². The maximum Gasteiger partial charge on any atom is 0.315 e. The van der Waals surface area contributed by atoms with Gasteiger partial charge in [-0.2, -0.15) is 0 Å². The van der Waals surface area contributed by atoms with E-state index in [-0.39, 0.29) is 0 Å². The molecule has 1 N–H and O–H groups in total. The van der Waals surface area contributed by atoms with Crippen molar-refractivity contribution in [3.8, 4) is 11.5 Å². The van der Waals surface area contributed by atoms with Crippen molar-refractivity contribution in [2.75, 3.05) is 12.4 Å². The molecule has 1 aromatic carbocycles. The third kappa shape index (κ3) is 1.70. The lowest BCUT2D eigenvalue weighted by molar-refractivity contribution is 0.585. The lowest BCUT2D eigenvalue weighted by atomic mass is 10.2. The fraction of sp³-hybridized carbons (Fsp3) is 0.111. The van der Waals surface area contributed by atoms with Gasteiger partial charge in [0.25, 0.3) is 0 Å². The number of hydrogen-bond acceptors (Lipinski definition) is 4. The highest BCUT2D eigenvalue weighted by molar-refractivity contribution is 6.30. The van der Waals surface area contributed by atoms with Gasteiger partial charge in [0.2, 0.25) is 5.89 Å². The van der Waals surface area contributed by atoms with Crippen LogP contribution in [0.4, 0.5) is 6.01 Å². The molecule has 5 heteroatoms. The molecule has 2 rings (SSSR count). The zero-order valence-electron chi connectivity index (χ0n) is 7.49. The van der Waals surface area contributed by atoms with Crippen LogP contribution in [0.1, 0.15) is 0 Å². The number of benzene rings is 1. The van der Waals surface area contributed by atoms with Crippen LogP contribution in [0, 0.1) is 0 Å². The number of hydrogen-bond donors (Lipinski definition) is 1. The molecule has 4 nitrogen and oxygen atoms in total. The molecule has 0 aliphatic carbocycles. The normalized spacial score (nSPS) is 10.1. The summed E-state index contributed by atoms with van der Waals surface area (Å²) in [4.78, 5) is 0. The van der Waals surface area contributed by atoms with E-state index in [0.717, 1.165) is 5.56 Å². The van der Waals surface area contributed by atoms with E-state index in [1.165, 1.54) is 0 Å². The average molecular weight is 210 g/mol. The maximum absolute atomic E-state index is 5.83. The van der Waals surface area contributed by atoms with E-state index >= 15 is 0 Å². The average Bonchev–Trinajstić information content (AvgIpc) is 2.66. The summed E-state index contributed by atoms with van der Waals surface area (Å²) in [5.41, 5.74) is 0.812. The zero-order chi connectivity index (χ0) is 9.97. The van der Waals surface area contributed by atoms with Crippen molar-refractivity contribution < 1.29 is 4.42 Å². The van der Waals surface area contributed by atoms with Gasteiger partial charge in [0.1, 0.15) is 0 Å². The van der Waals surface area contributed by atoms with E-state index < -0.39 is 0 Å². The van der Waals surface area contributed by atoms with Gasteiger partial charge < -0.3 is 9.73 Å². The Labute approximate surface area is 85.9 Å². The third-order valence-electron chi connectivity index (χ3n) is 1.71. The van der Waals surface area contributed by atoms with Gasteiger partial charge in [-0.3, -0.25) is 0 Å². The van der Waals surface area contributed by atoms with Crippen molar-refractivity contribution in [3.05, 3.63) is 29.3 Å². The quantitative estimate of drug-likeness (QED) is 0.826. The molecule has 0 amide bonds. The molecule has 0 fully saturated rings. The molecule has 1 heterocycles. The minimum absolute atomic E-state index is 0.389. The van der Waals surface area contributed by atoms with E-state index in [0.29, 0.717) is 16.9 Å². The molecular formula is C9H8ClN3O. The van der Waals surface area contributed by atoms with Gasteiger partial charge in [0.05, 0.1) is 0 Å². The lowest BCUT2D eigenvalue weighted by Crippen LogP contribution is -1.85. The lowest BCUT2D eigenvalue weighted by Gasteiger charge is -1.94. The largest absolute Gasteiger partial charge is 0.403 e. The molecule has 0 radical (unpaired) electrons. The first-order valence-electron chi connectivity index (χ1n) is 4.07. The van der Waals surface area contributed by atoms with Crippen molar-refractivity contribution in [1.82, 2.24) is 10.2 Å². The van der Waals surface area contributed by atoms with E-state index in [1.807, 2.05) is 12.1 Å². The molecule has 0 bridgehead atoms. The maximum atomic E-state index is 5.83. The molecule has 0 aliphatic rings. The smallest absolute Gasteiger partial charge is 0.315 e. The highest BCUT2D eigenvalue weighted by Gasteiger charge is 2.06. The summed E-state index contributed by atoms with van der Waals surface area (Å²) < 4.78 is 5.28. The molecule has 14 heavy (non-hydrogen) atoms. The predicted molar refractivity (Wildman–Crippen MR) is 54.3 cm³/mol. The summed E-state index contributed by atoms with van der Waals surface area (Å²) in [5, 5.41) is 11.0. The van der Waals surface area contributed by atoms with Crippen LogP contribution in [-0.2, 0) is 0 Å². The Morgan fingerprint density at radius 2 is 2.21 bits per heavy atom. The van der Waals surface area contributed by atoms with E-state index in [1.54, 1.807) is 19.2 Å². The van der Waals surface area contributed by atoms with E-state index in [4.69, 9.17) is 16.0 Å². The number of anilines is 1. The van der Waals surface area contributed by atoms with Gasteiger partial charge in [0.15, 0.2) is 0 Å². The minimum atomic E-state index is 0.389. The minimum Gasteiger partial charge on any atom is -0.403 e. The molecule has 0 saturated heterocycles. The van der Waals surface area contributed by atoms with Crippen LogP contribution in [-0.4, -0.2) is 17.2 Å². The number of nitrogens with one attached hydrogen (secondary N) is 1. The summed E-state index contributed by atoms with van der Waals surface area (Å²) >= 11 is 5.83. The van der Waals surface area contributed by atoms with E-state index in [2.05, 4.69) is 15.5 Å². The first kappa shape index (κ1) is 9.02. The number of aromatic nitrogens is 2. The number of nitrogens with zero attached hydrogens (tertiary/aromatic N) is 2. The highest BCUT2D eigenvalue weighted by atomic mass is 35.5. The van der Waals surface area contributed by atoms with Crippen LogP contribution < -0.4 is 5.32 Å². The van der Waals surface area contributed by atoms with Gasteiger partial charge in [-0.1, -0.05) is 22.8 Å². The standard InChI is InChI=1S/C9H8ClN3O/c1-11-9-13-12-8(14-9)6-3-2-4-7(10)5-6/h2-5H,1H3,(H,11,13). The highest BCUT2D eigenvalue weighted by Crippen LogP contribution is 2.22. The second-order valence-corrected chi connectivity index (χ2v) is 3.11. The van der Waals surface area contributed by atoms with Crippen LogP contribution in [0.3, 0.4) is 0 Å². The Bertz CT molecular complexity index is 441. The predicted octanol–water partition coefficient (Wildman–Crippen LogP) is 2.43. The van der Waals surface area contributed by atoms with Crippen molar-refractivity contribution in [1.29, 1.82) is 0 Å². The third-order valence-corrected chi connectivity index (χ3v) is 1.95. The molecule has 0 saturated carbocycles. The first-order chi connectivity index (χ1) is 6.79. The van der Waals surface area contributed by atoms with Crippen LogP contribution in [0.25, 0.3) is 11.5 Å². The molecule has 0 spiro atoms. The second kappa shape index (κ2) is 3.67. The van der Waals surface area contributed by atoms with Gasteiger partial charge in [0, 0.05) is 17.6 Å². The van der Waals surface area contributed by atoms with Gasteiger partial charge in [-0.25, -0.2) is 0 Å². The summed E-state index contributed by atoms with van der Waals surface area (Å²) in [5.74, 6) is 0.455. The zero-order valence-corrected chi connectivity index (χ0v) is 8.25. The van der Waals surface area contributed by atoms with E-state index in [9.17, 15) is 0 Å². The van der Waals surface area contributed by atoms with Crippen LogP contribution in [0.2, 0.25) is 5.02 Å². The fourth-order valence-corrected chi connectivity index (χ4v) is 1.25. The molecule has 1 aromatic heterocycles. The SMILES string of the molecule is CNc1nnc(-c2cccc(Cl)c2)o1. The Balaban J connectivity index is 2.39. The van der Waals surface area contributed by atoms with Gasteiger partial charge in [-0.15, -0.1) is 5.10 Å². The number of halogens is 1. The Kier molecular flexibility index (Phi) is 2.37.